The monoisotopic (exact) mass is 289 g/mol. The van der Waals surface area contributed by atoms with Crippen LogP contribution in [-0.2, 0) is 9.53 Å². The van der Waals surface area contributed by atoms with Crippen molar-refractivity contribution in [3.05, 3.63) is 0 Å². The van der Waals surface area contributed by atoms with Gasteiger partial charge in [0.2, 0.25) is 0 Å². The number of carbonyl (C=O) groups is 1. The van der Waals surface area contributed by atoms with E-state index in [1.807, 2.05) is 11.8 Å². The molecule has 92 valence electrons. The normalized spacial score (nSPS) is 35.4. The van der Waals surface area contributed by atoms with Gasteiger partial charge in [-0.05, 0) is 39.0 Å². The first-order chi connectivity index (χ1) is 7.72. The largest absolute Gasteiger partial charge is 0.365 e. The lowest BCUT2D eigenvalue weighted by Gasteiger charge is -2.36. The summed E-state index contributed by atoms with van der Waals surface area (Å²) < 4.78 is 5.66. The molecule has 2 aliphatic rings. The highest BCUT2D eigenvalue weighted by Gasteiger charge is 2.35. The molecule has 3 atom stereocenters. The topological polar surface area (TPSA) is 29.5 Å². The Morgan fingerprint density at radius 3 is 2.81 bits per heavy atom. The summed E-state index contributed by atoms with van der Waals surface area (Å²) in [7, 11) is 0. The summed E-state index contributed by atoms with van der Waals surface area (Å²) in [5, 5.41) is 0.890. The van der Waals surface area contributed by atoms with Crippen LogP contribution in [0.25, 0.3) is 0 Å². The molecule has 2 aliphatic heterocycles. The lowest BCUT2D eigenvalue weighted by Crippen LogP contribution is -2.48. The molecular weight excluding hydrogens is 270 g/mol. The number of rotatable bonds is 2. The van der Waals surface area contributed by atoms with E-state index in [4.69, 9.17) is 4.74 Å². The van der Waals surface area contributed by atoms with Gasteiger partial charge in [0.25, 0.3) is 5.91 Å². The average molecular weight is 290 g/mol. The third-order valence-corrected chi connectivity index (χ3v) is 4.34. The summed E-state index contributed by atoms with van der Waals surface area (Å²) in [5.74, 6) is 0.216. The molecule has 2 saturated heterocycles. The van der Waals surface area contributed by atoms with Gasteiger partial charge in [-0.3, -0.25) is 4.79 Å². The summed E-state index contributed by atoms with van der Waals surface area (Å²) >= 11 is 3.51. The van der Waals surface area contributed by atoms with Crippen molar-refractivity contribution < 1.29 is 9.53 Å². The molecule has 0 radical (unpaired) electrons. The van der Waals surface area contributed by atoms with Crippen molar-refractivity contribution in [3.8, 4) is 0 Å². The standard InChI is InChI=1S/C12H20BrNO2/c1-9-5-6-11(16-9)12(15)14-7-3-2-4-10(14)8-13/h9-11H,2-8H2,1H3. The maximum atomic E-state index is 12.3. The van der Waals surface area contributed by atoms with E-state index in [0.717, 1.165) is 37.6 Å². The van der Waals surface area contributed by atoms with Gasteiger partial charge in [-0.25, -0.2) is 0 Å². The maximum absolute atomic E-state index is 12.3. The number of alkyl halides is 1. The van der Waals surface area contributed by atoms with Crippen LogP contribution < -0.4 is 0 Å². The Bertz CT molecular complexity index is 259. The summed E-state index contributed by atoms with van der Waals surface area (Å²) in [6.45, 7) is 2.95. The van der Waals surface area contributed by atoms with Crippen molar-refractivity contribution in [1.29, 1.82) is 0 Å². The SMILES string of the molecule is CC1CCC(C(=O)N2CCCCC2CBr)O1. The van der Waals surface area contributed by atoms with E-state index in [9.17, 15) is 4.79 Å². The second-order valence-corrected chi connectivity index (χ2v) is 5.50. The Morgan fingerprint density at radius 1 is 1.38 bits per heavy atom. The van der Waals surface area contributed by atoms with Gasteiger partial charge in [-0.15, -0.1) is 0 Å². The molecule has 0 aromatic carbocycles. The van der Waals surface area contributed by atoms with Crippen LogP contribution in [-0.4, -0.2) is 40.9 Å². The smallest absolute Gasteiger partial charge is 0.251 e. The van der Waals surface area contributed by atoms with Gasteiger partial charge in [0, 0.05) is 17.9 Å². The predicted octanol–water partition coefficient (Wildman–Crippen LogP) is 2.33. The van der Waals surface area contributed by atoms with E-state index in [1.165, 1.54) is 6.42 Å². The van der Waals surface area contributed by atoms with Crippen molar-refractivity contribution in [2.24, 2.45) is 0 Å². The zero-order chi connectivity index (χ0) is 11.5. The van der Waals surface area contributed by atoms with Gasteiger partial charge in [-0.1, -0.05) is 15.9 Å². The summed E-state index contributed by atoms with van der Waals surface area (Å²) in [4.78, 5) is 14.3. The molecule has 0 spiro atoms. The molecule has 1 amide bonds. The molecule has 0 saturated carbocycles. The van der Waals surface area contributed by atoms with Crippen LogP contribution in [0.4, 0.5) is 0 Å². The number of ether oxygens (including phenoxy) is 1. The van der Waals surface area contributed by atoms with Gasteiger partial charge in [-0.2, -0.15) is 0 Å². The number of hydrogen-bond acceptors (Lipinski definition) is 2. The number of piperidine rings is 1. The Hall–Kier alpha value is -0.0900. The van der Waals surface area contributed by atoms with Gasteiger partial charge >= 0.3 is 0 Å². The second-order valence-electron chi connectivity index (χ2n) is 4.85. The van der Waals surface area contributed by atoms with Gasteiger partial charge < -0.3 is 9.64 Å². The highest BCUT2D eigenvalue weighted by Crippen LogP contribution is 2.25. The van der Waals surface area contributed by atoms with Crippen molar-refractivity contribution in [3.63, 3.8) is 0 Å². The van der Waals surface area contributed by atoms with Crippen LogP contribution in [0.1, 0.15) is 39.0 Å². The third-order valence-electron chi connectivity index (χ3n) is 3.60. The first-order valence-corrected chi connectivity index (χ1v) is 7.36. The van der Waals surface area contributed by atoms with Crippen LogP contribution in [0.15, 0.2) is 0 Å². The van der Waals surface area contributed by atoms with E-state index in [1.54, 1.807) is 0 Å². The first-order valence-electron chi connectivity index (χ1n) is 6.24. The molecule has 0 bridgehead atoms. The van der Waals surface area contributed by atoms with Crippen LogP contribution >= 0.6 is 15.9 Å². The molecule has 3 nitrogen and oxygen atoms in total. The average Bonchev–Trinajstić information content (AvgIpc) is 2.75. The molecule has 0 aromatic heterocycles. The van der Waals surface area contributed by atoms with E-state index in [0.29, 0.717) is 6.04 Å². The van der Waals surface area contributed by atoms with Crippen molar-refractivity contribution in [2.45, 2.75) is 57.3 Å². The summed E-state index contributed by atoms with van der Waals surface area (Å²) in [5.41, 5.74) is 0. The number of likely N-dealkylation sites (tertiary alicyclic amines) is 1. The maximum Gasteiger partial charge on any atom is 0.251 e. The summed E-state index contributed by atoms with van der Waals surface area (Å²) in [6, 6.07) is 0.376. The number of nitrogens with zero attached hydrogens (tertiary/aromatic N) is 1. The highest BCUT2D eigenvalue weighted by atomic mass is 79.9. The van der Waals surface area contributed by atoms with Crippen molar-refractivity contribution in [1.82, 2.24) is 4.90 Å². The van der Waals surface area contributed by atoms with Gasteiger partial charge in [0.1, 0.15) is 6.10 Å². The van der Waals surface area contributed by atoms with Crippen LogP contribution in [0, 0.1) is 0 Å². The third kappa shape index (κ3) is 2.59. The molecule has 0 aromatic rings. The number of halogens is 1. The predicted molar refractivity (Wildman–Crippen MR) is 66.7 cm³/mol. The van der Waals surface area contributed by atoms with Crippen LogP contribution in [0.5, 0.6) is 0 Å². The van der Waals surface area contributed by atoms with Crippen molar-refractivity contribution in [2.75, 3.05) is 11.9 Å². The summed E-state index contributed by atoms with van der Waals surface area (Å²) in [6.07, 6.45) is 5.49. The lowest BCUT2D eigenvalue weighted by molar-refractivity contribution is -0.145. The fourth-order valence-electron chi connectivity index (χ4n) is 2.62. The lowest BCUT2D eigenvalue weighted by atomic mass is 10.0. The van der Waals surface area contributed by atoms with Crippen LogP contribution in [0.2, 0.25) is 0 Å². The van der Waals surface area contributed by atoms with E-state index in [2.05, 4.69) is 15.9 Å². The van der Waals surface area contributed by atoms with E-state index < -0.39 is 0 Å². The molecule has 16 heavy (non-hydrogen) atoms. The molecule has 2 rings (SSSR count). The fraction of sp³-hybridized carbons (Fsp3) is 0.917. The Balaban J connectivity index is 1.96. The van der Waals surface area contributed by atoms with E-state index >= 15 is 0 Å². The van der Waals surface area contributed by atoms with Crippen molar-refractivity contribution >= 4 is 21.8 Å². The minimum Gasteiger partial charge on any atom is -0.365 e. The fourth-order valence-corrected chi connectivity index (χ4v) is 3.29. The molecule has 0 N–H and O–H groups in total. The highest BCUT2D eigenvalue weighted by molar-refractivity contribution is 9.09. The first kappa shape index (κ1) is 12.4. The zero-order valence-corrected chi connectivity index (χ0v) is 11.4. The molecule has 0 aliphatic carbocycles. The van der Waals surface area contributed by atoms with Gasteiger partial charge in [0.15, 0.2) is 0 Å². The number of carbonyl (C=O) groups excluding carboxylic acids is 1. The number of hydrogen-bond donors (Lipinski definition) is 0. The Kier molecular flexibility index (Phi) is 4.25. The second kappa shape index (κ2) is 5.50. The molecular formula is C12H20BrNO2. The van der Waals surface area contributed by atoms with Gasteiger partial charge in [0.05, 0.1) is 6.10 Å². The minimum absolute atomic E-state index is 0.172. The minimum atomic E-state index is -0.172. The van der Waals surface area contributed by atoms with E-state index in [-0.39, 0.29) is 18.1 Å². The molecule has 2 heterocycles. The Morgan fingerprint density at radius 2 is 2.19 bits per heavy atom. The molecule has 4 heteroatoms. The number of amides is 1. The van der Waals surface area contributed by atoms with Crippen LogP contribution in [0.3, 0.4) is 0 Å². The molecule has 3 unspecified atom stereocenters. The Labute approximate surface area is 106 Å². The molecule has 2 fully saturated rings. The quantitative estimate of drug-likeness (QED) is 0.731. The zero-order valence-electron chi connectivity index (χ0n) is 9.82.